The normalized spacial score (nSPS) is 25.0. The highest BCUT2D eigenvalue weighted by Gasteiger charge is 2.35. The number of nitrogens with zero attached hydrogens (tertiary/aromatic N) is 4. The fraction of sp³-hybridized carbons (Fsp3) is 0.556. The largest absolute Gasteiger partial charge is 0.368 e. The minimum atomic E-state index is 0.270. The average Bonchev–Trinajstić information content (AvgIpc) is 3.14. The first-order valence-corrected chi connectivity index (χ1v) is 9.38. The third kappa shape index (κ3) is 3.76. The van der Waals surface area contributed by atoms with Crippen LogP contribution in [-0.2, 0) is 13.0 Å². The molecule has 1 saturated heterocycles. The monoisotopic (exact) mass is 354 g/mol. The number of anilines is 2. The van der Waals surface area contributed by atoms with Crippen molar-refractivity contribution in [1.82, 2.24) is 30.8 Å². The van der Waals surface area contributed by atoms with Crippen LogP contribution in [0.5, 0.6) is 0 Å². The fourth-order valence-corrected chi connectivity index (χ4v) is 3.82. The summed E-state index contributed by atoms with van der Waals surface area (Å²) in [5, 5.41) is 3.23. The van der Waals surface area contributed by atoms with E-state index in [0.29, 0.717) is 30.4 Å². The second kappa shape index (κ2) is 7.51. The number of hydrogen-bond donors (Lipinski definition) is 4. The lowest BCUT2D eigenvalue weighted by atomic mass is 9.79. The first kappa shape index (κ1) is 17.1. The van der Waals surface area contributed by atoms with Crippen molar-refractivity contribution in [2.45, 2.75) is 51.1 Å². The molecule has 3 atom stereocenters. The van der Waals surface area contributed by atoms with Gasteiger partial charge in [-0.3, -0.25) is 15.8 Å². The number of aromatic nitrogens is 4. The zero-order valence-electron chi connectivity index (χ0n) is 15.1. The van der Waals surface area contributed by atoms with Crippen LogP contribution in [0.4, 0.5) is 11.9 Å². The molecule has 1 saturated carbocycles. The van der Waals surface area contributed by atoms with Gasteiger partial charge < -0.3 is 11.1 Å². The van der Waals surface area contributed by atoms with E-state index < -0.39 is 0 Å². The van der Waals surface area contributed by atoms with Crippen LogP contribution < -0.4 is 21.9 Å². The Morgan fingerprint density at radius 1 is 1.23 bits per heavy atom. The van der Waals surface area contributed by atoms with Gasteiger partial charge in [-0.1, -0.05) is 13.0 Å². The van der Waals surface area contributed by atoms with Gasteiger partial charge in [0.15, 0.2) is 0 Å². The van der Waals surface area contributed by atoms with Crippen LogP contribution in [0.25, 0.3) is 0 Å². The number of hydrogen-bond acceptors (Lipinski definition) is 8. The Morgan fingerprint density at radius 2 is 2.15 bits per heavy atom. The van der Waals surface area contributed by atoms with Crippen molar-refractivity contribution in [3.63, 3.8) is 0 Å². The number of rotatable bonds is 5. The molecule has 2 aromatic heterocycles. The third-order valence-corrected chi connectivity index (χ3v) is 5.40. The zero-order chi connectivity index (χ0) is 17.9. The molecule has 26 heavy (non-hydrogen) atoms. The number of nitrogens with one attached hydrogen (secondary N) is 3. The van der Waals surface area contributed by atoms with Gasteiger partial charge in [0.1, 0.15) is 5.82 Å². The second-order valence-corrected chi connectivity index (χ2v) is 7.14. The van der Waals surface area contributed by atoms with Crippen LogP contribution in [0.15, 0.2) is 18.3 Å². The fourth-order valence-electron chi connectivity index (χ4n) is 3.82. The van der Waals surface area contributed by atoms with Crippen LogP contribution in [0.2, 0.25) is 0 Å². The molecule has 0 spiro atoms. The quantitative estimate of drug-likeness (QED) is 0.637. The molecule has 2 aromatic rings. The lowest BCUT2D eigenvalue weighted by Crippen LogP contribution is -2.36. The van der Waals surface area contributed by atoms with E-state index in [1.165, 1.54) is 12.0 Å². The van der Waals surface area contributed by atoms with E-state index in [1.54, 1.807) is 0 Å². The van der Waals surface area contributed by atoms with Crippen LogP contribution in [-0.4, -0.2) is 32.5 Å². The Bertz CT molecular complexity index is 747. The summed E-state index contributed by atoms with van der Waals surface area (Å²) >= 11 is 0. The molecule has 1 aliphatic heterocycles. The summed E-state index contributed by atoms with van der Waals surface area (Å²) in [6.07, 6.45) is 6.19. The van der Waals surface area contributed by atoms with Gasteiger partial charge in [-0.05, 0) is 43.2 Å². The molecule has 8 heteroatoms. The molecule has 0 bridgehead atoms. The van der Waals surface area contributed by atoms with Crippen molar-refractivity contribution in [2.75, 3.05) is 17.6 Å². The van der Waals surface area contributed by atoms with E-state index in [4.69, 9.17) is 5.73 Å². The van der Waals surface area contributed by atoms with Gasteiger partial charge in [-0.2, -0.15) is 15.0 Å². The summed E-state index contributed by atoms with van der Waals surface area (Å²) in [5.74, 6) is 2.61. The van der Waals surface area contributed by atoms with Crippen molar-refractivity contribution in [3.05, 3.63) is 35.4 Å². The van der Waals surface area contributed by atoms with Crippen molar-refractivity contribution in [3.8, 4) is 0 Å². The van der Waals surface area contributed by atoms with E-state index in [1.807, 2.05) is 12.3 Å². The maximum atomic E-state index is 5.93. The minimum Gasteiger partial charge on any atom is -0.368 e. The SMILES string of the molecule is CCc1ccc(CNc2nc(N)nc(C3CCC4CNNC4C3)n2)nc1. The standard InChI is InChI=1S/C18H26N8/c1-2-11-3-6-14(20-8-11)10-21-18-24-16(23-17(19)25-18)12-4-5-13-9-22-26-15(13)7-12/h3,6,8,12-13,15,22,26H,2,4-5,7,9-10H2,1H3,(H3,19,21,23,24,25). The molecule has 4 rings (SSSR count). The van der Waals surface area contributed by atoms with E-state index in [2.05, 4.69) is 49.1 Å². The van der Waals surface area contributed by atoms with Crippen molar-refractivity contribution in [1.29, 1.82) is 0 Å². The molecule has 2 aliphatic rings. The number of hydrazine groups is 1. The van der Waals surface area contributed by atoms with Crippen LogP contribution in [0.3, 0.4) is 0 Å². The maximum absolute atomic E-state index is 5.93. The van der Waals surface area contributed by atoms with Crippen molar-refractivity contribution in [2.24, 2.45) is 5.92 Å². The highest BCUT2D eigenvalue weighted by atomic mass is 15.4. The Kier molecular flexibility index (Phi) is 4.94. The van der Waals surface area contributed by atoms with Gasteiger partial charge in [0, 0.05) is 24.7 Å². The molecule has 138 valence electrons. The number of pyridine rings is 1. The van der Waals surface area contributed by atoms with Gasteiger partial charge in [-0.15, -0.1) is 0 Å². The predicted octanol–water partition coefficient (Wildman–Crippen LogP) is 1.38. The Labute approximate surface area is 153 Å². The van der Waals surface area contributed by atoms with E-state index in [9.17, 15) is 0 Å². The highest BCUT2D eigenvalue weighted by molar-refractivity contribution is 5.33. The van der Waals surface area contributed by atoms with Gasteiger partial charge in [0.2, 0.25) is 11.9 Å². The Balaban J connectivity index is 1.43. The topological polar surface area (TPSA) is 114 Å². The van der Waals surface area contributed by atoms with Crippen molar-refractivity contribution < 1.29 is 0 Å². The number of fused-ring (bicyclic) bond motifs is 1. The first-order valence-electron chi connectivity index (χ1n) is 9.38. The molecule has 3 unspecified atom stereocenters. The lowest BCUT2D eigenvalue weighted by Gasteiger charge is -2.29. The maximum Gasteiger partial charge on any atom is 0.228 e. The van der Waals surface area contributed by atoms with E-state index in [-0.39, 0.29) is 5.95 Å². The molecule has 2 fully saturated rings. The summed E-state index contributed by atoms with van der Waals surface area (Å²) in [5.41, 5.74) is 14.7. The summed E-state index contributed by atoms with van der Waals surface area (Å²) < 4.78 is 0. The first-order chi connectivity index (χ1) is 12.7. The Morgan fingerprint density at radius 3 is 2.96 bits per heavy atom. The van der Waals surface area contributed by atoms with Gasteiger partial charge >= 0.3 is 0 Å². The average molecular weight is 354 g/mol. The summed E-state index contributed by atoms with van der Waals surface area (Å²) in [4.78, 5) is 17.7. The predicted molar refractivity (Wildman–Crippen MR) is 100 cm³/mol. The van der Waals surface area contributed by atoms with Crippen molar-refractivity contribution >= 4 is 11.9 Å². The number of nitrogens with two attached hydrogens (primary N) is 1. The van der Waals surface area contributed by atoms with Gasteiger partial charge in [0.25, 0.3) is 0 Å². The van der Waals surface area contributed by atoms with E-state index >= 15 is 0 Å². The van der Waals surface area contributed by atoms with Crippen LogP contribution in [0.1, 0.15) is 49.2 Å². The van der Waals surface area contributed by atoms with Gasteiger partial charge in [-0.25, -0.2) is 0 Å². The Hall–Kier alpha value is -2.32. The summed E-state index contributed by atoms with van der Waals surface area (Å²) in [6.45, 7) is 3.73. The van der Waals surface area contributed by atoms with E-state index in [0.717, 1.165) is 37.3 Å². The number of aryl methyl sites for hydroxylation is 1. The highest BCUT2D eigenvalue weighted by Crippen LogP contribution is 2.35. The summed E-state index contributed by atoms with van der Waals surface area (Å²) in [7, 11) is 0. The molecule has 5 N–H and O–H groups in total. The van der Waals surface area contributed by atoms with Crippen LogP contribution in [0, 0.1) is 5.92 Å². The van der Waals surface area contributed by atoms with Crippen LogP contribution >= 0.6 is 0 Å². The molecule has 0 radical (unpaired) electrons. The molecule has 1 aliphatic carbocycles. The number of nitrogen functional groups attached to an aromatic ring is 1. The molecule has 3 heterocycles. The lowest BCUT2D eigenvalue weighted by molar-refractivity contribution is 0.296. The molecular weight excluding hydrogens is 328 g/mol. The molecule has 0 amide bonds. The molecule has 0 aromatic carbocycles. The molecule has 8 nitrogen and oxygen atoms in total. The smallest absolute Gasteiger partial charge is 0.228 e. The minimum absolute atomic E-state index is 0.270. The zero-order valence-corrected chi connectivity index (χ0v) is 15.1. The third-order valence-electron chi connectivity index (χ3n) is 5.40. The molecular formula is C18H26N8. The van der Waals surface area contributed by atoms with Gasteiger partial charge in [0.05, 0.1) is 12.2 Å². The second-order valence-electron chi connectivity index (χ2n) is 7.14. The summed E-state index contributed by atoms with van der Waals surface area (Å²) in [6, 6.07) is 4.61.